The minimum Gasteiger partial charge on any atom is -0.337 e. The smallest absolute Gasteiger partial charge is 0.249 e. The van der Waals surface area contributed by atoms with Gasteiger partial charge in [-0.2, -0.15) is 4.98 Å². The van der Waals surface area contributed by atoms with Crippen LogP contribution in [0.1, 0.15) is 35.9 Å². The molecule has 1 amide bonds. The quantitative estimate of drug-likeness (QED) is 0.653. The summed E-state index contributed by atoms with van der Waals surface area (Å²) in [5.41, 5.74) is 2.20. The van der Waals surface area contributed by atoms with Crippen LogP contribution in [-0.2, 0) is 11.3 Å². The first kappa shape index (κ1) is 17.7. The third-order valence-corrected chi connectivity index (χ3v) is 5.19. The number of carbonyl (C=O) groups is 1. The van der Waals surface area contributed by atoms with E-state index in [2.05, 4.69) is 10.1 Å². The van der Waals surface area contributed by atoms with Gasteiger partial charge in [0.2, 0.25) is 17.6 Å². The van der Waals surface area contributed by atoms with E-state index in [0.717, 1.165) is 11.1 Å². The fourth-order valence-electron chi connectivity index (χ4n) is 3.35. The topological polar surface area (TPSA) is 59.2 Å². The van der Waals surface area contributed by atoms with Crippen LogP contribution in [0.3, 0.4) is 0 Å². The number of likely N-dealkylation sites (tertiary alicyclic amines) is 1. The van der Waals surface area contributed by atoms with Crippen molar-refractivity contribution < 1.29 is 13.7 Å². The summed E-state index contributed by atoms with van der Waals surface area (Å²) in [6.45, 7) is 2.04. The Morgan fingerprint density at radius 2 is 2.07 bits per heavy atom. The second-order valence-corrected chi connectivity index (χ2v) is 6.95. The highest BCUT2D eigenvalue weighted by Crippen LogP contribution is 2.35. The molecule has 138 valence electrons. The van der Waals surface area contributed by atoms with Crippen LogP contribution in [0.4, 0.5) is 4.39 Å². The normalized spacial score (nSPS) is 16.9. The van der Waals surface area contributed by atoms with Crippen molar-refractivity contribution in [3.8, 4) is 11.4 Å². The van der Waals surface area contributed by atoms with E-state index in [1.165, 1.54) is 12.1 Å². The number of hydrogen-bond acceptors (Lipinski definition) is 4. The predicted molar refractivity (Wildman–Crippen MR) is 98.4 cm³/mol. The molecule has 2 heterocycles. The van der Waals surface area contributed by atoms with Crippen molar-refractivity contribution in [2.75, 3.05) is 0 Å². The first-order valence-electron chi connectivity index (χ1n) is 8.66. The van der Waals surface area contributed by atoms with Gasteiger partial charge in [0.05, 0.1) is 6.54 Å². The zero-order valence-electron chi connectivity index (χ0n) is 14.7. The molecule has 4 rings (SSSR count). The fraction of sp³-hybridized carbons (Fsp3) is 0.250. The third kappa shape index (κ3) is 3.32. The number of rotatable bonds is 4. The molecule has 0 bridgehead atoms. The molecule has 0 spiro atoms. The molecule has 1 aromatic heterocycles. The van der Waals surface area contributed by atoms with Crippen LogP contribution in [0.15, 0.2) is 47.0 Å². The molecule has 1 fully saturated rings. The van der Waals surface area contributed by atoms with Crippen LogP contribution in [0.2, 0.25) is 5.02 Å². The number of benzene rings is 2. The Labute approximate surface area is 160 Å². The summed E-state index contributed by atoms with van der Waals surface area (Å²) in [6.07, 6.45) is 0.888. The van der Waals surface area contributed by atoms with Crippen molar-refractivity contribution in [2.45, 2.75) is 32.4 Å². The number of aryl methyl sites for hydroxylation is 1. The molecular formula is C20H17ClFN3O2. The zero-order chi connectivity index (χ0) is 19.0. The van der Waals surface area contributed by atoms with E-state index in [1.54, 1.807) is 11.0 Å². The van der Waals surface area contributed by atoms with Gasteiger partial charge in [-0.15, -0.1) is 0 Å². The number of carbonyl (C=O) groups excluding carboxylic acids is 1. The Morgan fingerprint density at radius 1 is 1.26 bits per heavy atom. The van der Waals surface area contributed by atoms with E-state index >= 15 is 0 Å². The number of aromatic nitrogens is 2. The standard InChI is InChI=1S/C20H17ClFN3O2/c1-12-5-2-3-6-13(12)19-23-20(27-24-19)17-9-10-18(26)25(17)11-14-15(21)7-4-8-16(14)22/h2-8,17H,9-11H2,1H3. The number of amides is 1. The molecule has 3 aromatic rings. The number of halogens is 2. The maximum Gasteiger partial charge on any atom is 0.249 e. The van der Waals surface area contributed by atoms with Crippen LogP contribution in [0, 0.1) is 12.7 Å². The molecule has 0 N–H and O–H groups in total. The van der Waals surface area contributed by atoms with Crippen molar-refractivity contribution in [1.82, 2.24) is 15.0 Å². The van der Waals surface area contributed by atoms with Gasteiger partial charge in [-0.25, -0.2) is 4.39 Å². The molecule has 1 unspecified atom stereocenters. The first-order valence-corrected chi connectivity index (χ1v) is 9.04. The predicted octanol–water partition coefficient (Wildman–Crippen LogP) is 4.70. The Hall–Kier alpha value is -2.73. The average Bonchev–Trinajstić information content (AvgIpc) is 3.26. The fourth-order valence-corrected chi connectivity index (χ4v) is 3.57. The van der Waals surface area contributed by atoms with E-state index in [4.69, 9.17) is 16.1 Å². The van der Waals surface area contributed by atoms with Crippen molar-refractivity contribution in [1.29, 1.82) is 0 Å². The van der Waals surface area contributed by atoms with Gasteiger partial charge >= 0.3 is 0 Å². The van der Waals surface area contributed by atoms with Crippen molar-refractivity contribution in [2.24, 2.45) is 0 Å². The minimum absolute atomic E-state index is 0.0666. The molecule has 1 aliphatic rings. The molecule has 27 heavy (non-hydrogen) atoms. The second-order valence-electron chi connectivity index (χ2n) is 6.55. The van der Waals surface area contributed by atoms with Gasteiger partial charge in [-0.3, -0.25) is 4.79 Å². The van der Waals surface area contributed by atoms with Crippen LogP contribution >= 0.6 is 11.6 Å². The lowest BCUT2D eigenvalue weighted by Gasteiger charge is -2.22. The van der Waals surface area contributed by atoms with E-state index in [-0.39, 0.29) is 18.0 Å². The molecular weight excluding hydrogens is 369 g/mol. The van der Waals surface area contributed by atoms with E-state index in [1.807, 2.05) is 31.2 Å². The van der Waals surface area contributed by atoms with E-state index in [9.17, 15) is 9.18 Å². The number of hydrogen-bond donors (Lipinski definition) is 0. The lowest BCUT2D eigenvalue weighted by Crippen LogP contribution is -2.28. The maximum atomic E-state index is 14.2. The lowest BCUT2D eigenvalue weighted by atomic mass is 10.1. The molecule has 5 nitrogen and oxygen atoms in total. The van der Waals surface area contributed by atoms with E-state index < -0.39 is 11.9 Å². The highest BCUT2D eigenvalue weighted by Gasteiger charge is 2.36. The van der Waals surface area contributed by atoms with Crippen molar-refractivity contribution in [3.05, 3.63) is 70.3 Å². The van der Waals surface area contributed by atoms with Crippen LogP contribution in [-0.4, -0.2) is 20.9 Å². The Balaban J connectivity index is 1.63. The monoisotopic (exact) mass is 385 g/mol. The molecule has 2 aromatic carbocycles. The Kier molecular flexibility index (Phi) is 4.66. The zero-order valence-corrected chi connectivity index (χ0v) is 15.4. The van der Waals surface area contributed by atoms with Gasteiger partial charge in [-0.1, -0.05) is 47.1 Å². The van der Waals surface area contributed by atoms with Crippen molar-refractivity contribution >= 4 is 17.5 Å². The first-order chi connectivity index (χ1) is 13.0. The summed E-state index contributed by atoms with van der Waals surface area (Å²) in [6, 6.07) is 11.8. The SMILES string of the molecule is Cc1ccccc1-c1noc(C2CCC(=O)N2Cc2c(F)cccc2Cl)n1. The van der Waals surface area contributed by atoms with Crippen LogP contribution in [0.5, 0.6) is 0 Å². The van der Waals surface area contributed by atoms with Gasteiger partial charge < -0.3 is 9.42 Å². The minimum atomic E-state index is -0.438. The summed E-state index contributed by atoms with van der Waals surface area (Å²) in [4.78, 5) is 18.4. The largest absolute Gasteiger partial charge is 0.337 e. The van der Waals surface area contributed by atoms with Gasteiger partial charge in [0.1, 0.15) is 11.9 Å². The third-order valence-electron chi connectivity index (χ3n) is 4.83. The molecule has 0 radical (unpaired) electrons. The highest BCUT2D eigenvalue weighted by atomic mass is 35.5. The summed E-state index contributed by atoms with van der Waals surface area (Å²) >= 11 is 6.12. The summed E-state index contributed by atoms with van der Waals surface area (Å²) < 4.78 is 19.6. The van der Waals surface area contributed by atoms with Gasteiger partial charge in [0, 0.05) is 22.6 Å². The van der Waals surface area contributed by atoms with Crippen molar-refractivity contribution in [3.63, 3.8) is 0 Å². The molecule has 1 aliphatic heterocycles. The summed E-state index contributed by atoms with van der Waals surface area (Å²) in [5, 5.41) is 4.36. The molecule has 1 atom stereocenters. The van der Waals surface area contributed by atoms with Gasteiger partial charge in [0.15, 0.2) is 0 Å². The van der Waals surface area contributed by atoms with Gasteiger partial charge in [-0.05, 0) is 31.0 Å². The maximum absolute atomic E-state index is 14.2. The van der Waals surface area contributed by atoms with Gasteiger partial charge in [0.25, 0.3) is 0 Å². The summed E-state index contributed by atoms with van der Waals surface area (Å²) in [5.74, 6) is 0.305. The van der Waals surface area contributed by atoms with E-state index in [0.29, 0.717) is 29.6 Å². The average molecular weight is 386 g/mol. The number of nitrogens with zero attached hydrogens (tertiary/aromatic N) is 3. The lowest BCUT2D eigenvalue weighted by molar-refractivity contribution is -0.130. The van der Waals surface area contributed by atoms with Crippen LogP contribution in [0.25, 0.3) is 11.4 Å². The molecule has 0 saturated carbocycles. The Morgan fingerprint density at radius 3 is 2.85 bits per heavy atom. The second kappa shape index (κ2) is 7.12. The Bertz CT molecular complexity index is 984. The molecule has 1 saturated heterocycles. The summed E-state index contributed by atoms with van der Waals surface area (Å²) in [7, 11) is 0. The molecule has 7 heteroatoms. The molecule has 0 aliphatic carbocycles. The highest BCUT2D eigenvalue weighted by molar-refractivity contribution is 6.31. The van der Waals surface area contributed by atoms with Crippen LogP contribution < -0.4 is 0 Å².